The molecule has 2 fully saturated rings. The third kappa shape index (κ3) is 3.93. The van der Waals surface area contributed by atoms with E-state index < -0.39 is 6.09 Å². The largest absolute Gasteiger partial charge is 0.412 e. The molecule has 2 unspecified atom stereocenters. The molecule has 5 nitrogen and oxygen atoms in total. The van der Waals surface area contributed by atoms with Gasteiger partial charge in [0.05, 0.1) is 10.7 Å². The van der Waals surface area contributed by atoms with Crippen molar-refractivity contribution in [2.75, 3.05) is 6.54 Å². The molecule has 146 valence electrons. The number of hydrogen-bond acceptors (Lipinski definition) is 4. The van der Waals surface area contributed by atoms with Gasteiger partial charge < -0.3 is 15.0 Å². The van der Waals surface area contributed by atoms with Gasteiger partial charge in [0.15, 0.2) is 0 Å². The monoisotopic (exact) mass is 389 g/mol. The van der Waals surface area contributed by atoms with Crippen molar-refractivity contribution in [2.45, 2.75) is 70.9 Å². The highest BCUT2D eigenvalue weighted by molar-refractivity contribution is 6.32. The summed E-state index contributed by atoms with van der Waals surface area (Å²) in [5, 5.41) is 3.44. The lowest BCUT2D eigenvalue weighted by molar-refractivity contribution is 0.200. The van der Waals surface area contributed by atoms with E-state index in [-0.39, 0.29) is 0 Å². The summed E-state index contributed by atoms with van der Waals surface area (Å²) in [4.78, 5) is 19.3. The Morgan fingerprint density at radius 3 is 3.00 bits per heavy atom. The summed E-state index contributed by atoms with van der Waals surface area (Å²) in [6.07, 6.45) is 9.09. The molecule has 4 rings (SSSR count). The molecule has 0 aromatic heterocycles. The second kappa shape index (κ2) is 8.09. The Kier molecular flexibility index (Phi) is 5.58. The quantitative estimate of drug-likeness (QED) is 0.633. The molecule has 2 aliphatic heterocycles. The molecule has 0 spiro atoms. The lowest BCUT2D eigenvalue weighted by atomic mass is 10.0. The number of fused-ring (bicyclic) bond motifs is 6. The van der Waals surface area contributed by atoms with Crippen molar-refractivity contribution in [2.24, 2.45) is 10.9 Å². The zero-order chi connectivity index (χ0) is 18.8. The van der Waals surface area contributed by atoms with Crippen molar-refractivity contribution in [1.29, 1.82) is 0 Å². The number of carbonyl (C=O) groups excluding carboxylic acids is 1. The van der Waals surface area contributed by atoms with Gasteiger partial charge in [-0.2, -0.15) is 0 Å². The first-order chi connectivity index (χ1) is 13.2. The molecule has 1 aliphatic carbocycles. The number of hydrogen-bond donors (Lipinski definition) is 1. The third-order valence-corrected chi connectivity index (χ3v) is 6.31. The minimum atomic E-state index is -0.425. The summed E-state index contributed by atoms with van der Waals surface area (Å²) in [6, 6.07) is 4.20. The average molecular weight is 390 g/mol. The Morgan fingerprint density at radius 1 is 1.30 bits per heavy atom. The number of carbonyl (C=O) groups is 1. The maximum absolute atomic E-state index is 12.0. The number of nitrogens with one attached hydrogen (secondary N) is 1. The Bertz CT molecular complexity index is 749. The second-order valence-electron chi connectivity index (χ2n) is 7.89. The first kappa shape index (κ1) is 18.6. The molecule has 1 aromatic rings. The van der Waals surface area contributed by atoms with Gasteiger partial charge in [0.2, 0.25) is 0 Å². The van der Waals surface area contributed by atoms with Crippen molar-refractivity contribution >= 4 is 29.2 Å². The van der Waals surface area contributed by atoms with Crippen LogP contribution >= 0.6 is 11.6 Å². The fourth-order valence-electron chi connectivity index (χ4n) is 4.53. The zero-order valence-corrected chi connectivity index (χ0v) is 16.7. The van der Waals surface area contributed by atoms with Gasteiger partial charge in [0.25, 0.3) is 0 Å². The first-order valence-corrected chi connectivity index (χ1v) is 10.7. The van der Waals surface area contributed by atoms with E-state index in [1.54, 1.807) is 6.07 Å². The van der Waals surface area contributed by atoms with Crippen molar-refractivity contribution in [3.63, 3.8) is 0 Å². The summed E-state index contributed by atoms with van der Waals surface area (Å²) in [6.45, 7) is 3.65. The van der Waals surface area contributed by atoms with Crippen LogP contribution in [-0.4, -0.2) is 29.4 Å². The van der Waals surface area contributed by atoms with Gasteiger partial charge in [0, 0.05) is 42.7 Å². The summed E-state index contributed by atoms with van der Waals surface area (Å²) in [5.41, 5.74) is 1.89. The number of unbranched alkanes of at least 4 members (excludes halogenated alkanes) is 4. The van der Waals surface area contributed by atoms with Crippen LogP contribution in [0.5, 0.6) is 5.75 Å². The van der Waals surface area contributed by atoms with E-state index in [9.17, 15) is 4.79 Å². The molecule has 6 heteroatoms. The number of benzene rings is 1. The van der Waals surface area contributed by atoms with Crippen LogP contribution in [-0.2, 0) is 6.54 Å². The number of piperidine rings is 1. The molecule has 1 saturated heterocycles. The number of nitrogens with zero attached hydrogens (tertiary/aromatic N) is 2. The standard InChI is InChI=1S/C21H28ClN3O2/c1-2-3-4-5-6-9-23-21(26)27-16-11-18(22)17-13-25-15-8-7-14(10-15)20(25)24-19(17)12-16/h11-12,14-15H,2-10,13H2,1H3,(H,23,26). The van der Waals surface area contributed by atoms with Crippen LogP contribution in [0.4, 0.5) is 10.5 Å². The zero-order valence-electron chi connectivity index (χ0n) is 16.0. The summed E-state index contributed by atoms with van der Waals surface area (Å²) >= 11 is 6.49. The van der Waals surface area contributed by atoms with Crippen molar-refractivity contribution in [3.05, 3.63) is 22.7 Å². The first-order valence-electron chi connectivity index (χ1n) is 10.3. The van der Waals surface area contributed by atoms with Crippen molar-refractivity contribution in [1.82, 2.24) is 10.2 Å². The van der Waals surface area contributed by atoms with Crippen LogP contribution in [0.15, 0.2) is 17.1 Å². The molecule has 2 atom stereocenters. The van der Waals surface area contributed by atoms with E-state index in [1.807, 2.05) is 6.07 Å². The Hall–Kier alpha value is -1.75. The van der Waals surface area contributed by atoms with Gasteiger partial charge in [-0.15, -0.1) is 0 Å². The van der Waals surface area contributed by atoms with Crippen LogP contribution in [0.25, 0.3) is 0 Å². The molecule has 3 aliphatic rings. The van der Waals surface area contributed by atoms with Crippen LogP contribution in [0.1, 0.15) is 63.9 Å². The highest BCUT2D eigenvalue weighted by atomic mass is 35.5. The number of amides is 1. The predicted octanol–water partition coefficient (Wildman–Crippen LogP) is 5.43. The van der Waals surface area contributed by atoms with Crippen molar-refractivity contribution in [3.8, 4) is 5.75 Å². The lowest BCUT2D eigenvalue weighted by Gasteiger charge is -2.34. The van der Waals surface area contributed by atoms with Crippen molar-refractivity contribution < 1.29 is 9.53 Å². The molecule has 1 aromatic carbocycles. The molecule has 1 amide bonds. The van der Waals surface area contributed by atoms with Gasteiger partial charge in [-0.05, 0) is 25.7 Å². The van der Waals surface area contributed by atoms with Gasteiger partial charge in [0.1, 0.15) is 11.6 Å². The summed E-state index contributed by atoms with van der Waals surface area (Å²) in [5.74, 6) is 2.24. The lowest BCUT2D eigenvalue weighted by Crippen LogP contribution is -2.38. The Balaban J connectivity index is 1.37. The maximum Gasteiger partial charge on any atom is 0.412 e. The Labute approximate surface area is 166 Å². The van der Waals surface area contributed by atoms with Gasteiger partial charge >= 0.3 is 6.09 Å². The summed E-state index contributed by atoms with van der Waals surface area (Å²) < 4.78 is 5.44. The molecule has 2 bridgehead atoms. The van der Waals surface area contributed by atoms with Crippen LogP contribution in [0.3, 0.4) is 0 Å². The second-order valence-corrected chi connectivity index (χ2v) is 8.30. The molecule has 0 radical (unpaired) electrons. The summed E-state index contributed by atoms with van der Waals surface area (Å²) in [7, 11) is 0. The third-order valence-electron chi connectivity index (χ3n) is 5.97. The molecular weight excluding hydrogens is 362 g/mol. The van der Waals surface area contributed by atoms with Gasteiger partial charge in [-0.1, -0.05) is 44.2 Å². The molecule has 1 N–H and O–H groups in total. The molecular formula is C21H28ClN3O2. The molecule has 27 heavy (non-hydrogen) atoms. The van der Waals surface area contributed by atoms with Gasteiger partial charge in [-0.3, -0.25) is 0 Å². The number of rotatable bonds is 7. The predicted molar refractivity (Wildman–Crippen MR) is 108 cm³/mol. The fraction of sp³-hybridized carbons (Fsp3) is 0.619. The number of ether oxygens (including phenoxy) is 1. The number of halogens is 1. The SMILES string of the molecule is CCCCCCCNC(=O)Oc1cc(Cl)c2c(c1)N=C1C3CCC(C3)N1C2. The van der Waals surface area contributed by atoms with Gasteiger partial charge in [-0.25, -0.2) is 9.79 Å². The topological polar surface area (TPSA) is 53.9 Å². The average Bonchev–Trinajstić information content (AvgIpc) is 3.25. The molecule has 1 saturated carbocycles. The minimum Gasteiger partial charge on any atom is -0.410 e. The smallest absolute Gasteiger partial charge is 0.410 e. The number of aliphatic imine (C=N–C) groups is 1. The fourth-order valence-corrected chi connectivity index (χ4v) is 4.80. The molecule has 2 heterocycles. The van der Waals surface area contributed by atoms with Crippen LogP contribution < -0.4 is 10.1 Å². The van der Waals surface area contributed by atoms with Crippen LogP contribution in [0.2, 0.25) is 5.02 Å². The van der Waals surface area contributed by atoms with Crippen LogP contribution in [0, 0.1) is 5.92 Å². The van der Waals surface area contributed by atoms with E-state index >= 15 is 0 Å². The highest BCUT2D eigenvalue weighted by Crippen LogP contribution is 2.46. The van der Waals surface area contributed by atoms with E-state index in [4.69, 9.17) is 21.3 Å². The van der Waals surface area contributed by atoms with E-state index in [0.717, 1.165) is 30.6 Å². The minimum absolute atomic E-state index is 0.425. The number of amidine groups is 1. The maximum atomic E-state index is 12.0. The normalized spacial score (nSPS) is 22.3. The van der Waals surface area contributed by atoms with E-state index in [2.05, 4.69) is 17.1 Å². The Morgan fingerprint density at radius 2 is 2.15 bits per heavy atom. The van der Waals surface area contributed by atoms with E-state index in [1.165, 1.54) is 44.4 Å². The van der Waals surface area contributed by atoms with E-state index in [0.29, 0.717) is 29.3 Å². The highest BCUT2D eigenvalue weighted by Gasteiger charge is 2.44.